The summed E-state index contributed by atoms with van der Waals surface area (Å²) in [6, 6.07) is 9.25. The van der Waals surface area contributed by atoms with E-state index in [-0.39, 0.29) is 5.91 Å². The number of aliphatic hydroxyl groups is 1. The van der Waals surface area contributed by atoms with Crippen LogP contribution in [0.3, 0.4) is 0 Å². The van der Waals surface area contributed by atoms with Gasteiger partial charge in [0.15, 0.2) is 0 Å². The van der Waals surface area contributed by atoms with Crippen molar-refractivity contribution in [2.75, 3.05) is 5.32 Å². The largest absolute Gasteiger partial charge is 0.380 e. The number of carbonyl (C=O) groups excluding carboxylic acids is 1. The highest BCUT2D eigenvalue weighted by Gasteiger charge is 2.33. The summed E-state index contributed by atoms with van der Waals surface area (Å²) in [6.07, 6.45) is 3.97. The number of amides is 1. The molecule has 3 nitrogen and oxygen atoms in total. The number of rotatable bonds is 7. The molecule has 2 N–H and O–H groups in total. The van der Waals surface area contributed by atoms with E-state index in [9.17, 15) is 9.90 Å². The first-order chi connectivity index (χ1) is 8.62. The Morgan fingerprint density at radius 3 is 2.44 bits per heavy atom. The van der Waals surface area contributed by atoms with Gasteiger partial charge in [0.1, 0.15) is 5.60 Å². The van der Waals surface area contributed by atoms with Crippen molar-refractivity contribution in [1.82, 2.24) is 0 Å². The molecule has 18 heavy (non-hydrogen) atoms. The van der Waals surface area contributed by atoms with Gasteiger partial charge in [-0.2, -0.15) is 0 Å². The Morgan fingerprint density at radius 2 is 1.89 bits per heavy atom. The van der Waals surface area contributed by atoms with Crippen molar-refractivity contribution in [3.05, 3.63) is 30.3 Å². The summed E-state index contributed by atoms with van der Waals surface area (Å²) in [4.78, 5) is 12.1. The van der Waals surface area contributed by atoms with Crippen LogP contribution in [0.5, 0.6) is 0 Å². The van der Waals surface area contributed by atoms with Gasteiger partial charge in [0, 0.05) is 5.69 Å². The number of anilines is 1. The molecular formula is C15H23NO2. The second-order valence-electron chi connectivity index (χ2n) is 4.66. The summed E-state index contributed by atoms with van der Waals surface area (Å²) in [6.45, 7) is 3.95. The summed E-state index contributed by atoms with van der Waals surface area (Å²) in [5.74, 6) is -0.299. The van der Waals surface area contributed by atoms with Gasteiger partial charge in [-0.15, -0.1) is 0 Å². The third kappa shape index (κ3) is 4.15. The topological polar surface area (TPSA) is 49.3 Å². The maximum Gasteiger partial charge on any atom is 0.256 e. The first kappa shape index (κ1) is 14.7. The highest BCUT2D eigenvalue weighted by molar-refractivity contribution is 5.97. The molecule has 1 aromatic carbocycles. The van der Waals surface area contributed by atoms with Crippen LogP contribution in [-0.4, -0.2) is 16.6 Å². The van der Waals surface area contributed by atoms with Crippen LogP contribution in [-0.2, 0) is 4.79 Å². The van der Waals surface area contributed by atoms with Crippen LogP contribution in [0, 0.1) is 0 Å². The number of carbonyl (C=O) groups is 1. The first-order valence-electron chi connectivity index (χ1n) is 6.71. The molecule has 0 saturated heterocycles. The second-order valence-corrected chi connectivity index (χ2v) is 4.66. The molecule has 0 aromatic heterocycles. The van der Waals surface area contributed by atoms with E-state index in [1.807, 2.05) is 37.3 Å². The molecule has 0 aliphatic rings. The lowest BCUT2D eigenvalue weighted by molar-refractivity contribution is -0.135. The van der Waals surface area contributed by atoms with Crippen LogP contribution in [0.2, 0.25) is 0 Å². The zero-order valence-electron chi connectivity index (χ0n) is 11.3. The Morgan fingerprint density at radius 1 is 1.22 bits per heavy atom. The molecule has 0 saturated carbocycles. The summed E-state index contributed by atoms with van der Waals surface area (Å²) < 4.78 is 0. The number of unbranched alkanes of at least 4 members (excludes halogenated alkanes) is 2. The fourth-order valence-electron chi connectivity index (χ4n) is 1.89. The molecule has 0 heterocycles. The Kier molecular flexibility index (Phi) is 5.86. The minimum Gasteiger partial charge on any atom is -0.380 e. The van der Waals surface area contributed by atoms with E-state index in [4.69, 9.17) is 0 Å². The molecule has 1 atom stereocenters. The van der Waals surface area contributed by atoms with Crippen LogP contribution < -0.4 is 5.32 Å². The third-order valence-corrected chi connectivity index (χ3v) is 3.23. The van der Waals surface area contributed by atoms with E-state index in [0.717, 1.165) is 24.9 Å². The van der Waals surface area contributed by atoms with Gasteiger partial charge in [-0.1, -0.05) is 51.3 Å². The van der Waals surface area contributed by atoms with Crippen molar-refractivity contribution in [2.45, 2.75) is 51.6 Å². The van der Waals surface area contributed by atoms with Gasteiger partial charge in [-0.25, -0.2) is 0 Å². The fraction of sp³-hybridized carbons (Fsp3) is 0.533. The molecule has 0 aliphatic carbocycles. The number of hydrogen-bond acceptors (Lipinski definition) is 2. The highest BCUT2D eigenvalue weighted by atomic mass is 16.3. The normalized spacial score (nSPS) is 13.9. The van der Waals surface area contributed by atoms with Crippen molar-refractivity contribution >= 4 is 11.6 Å². The molecule has 100 valence electrons. The Bertz CT molecular complexity index is 364. The molecular weight excluding hydrogens is 226 g/mol. The van der Waals surface area contributed by atoms with Gasteiger partial charge < -0.3 is 10.4 Å². The zero-order chi connectivity index (χ0) is 13.4. The smallest absolute Gasteiger partial charge is 0.256 e. The van der Waals surface area contributed by atoms with Crippen molar-refractivity contribution in [1.29, 1.82) is 0 Å². The standard InChI is InChI=1S/C15H23NO2/c1-3-5-9-12-15(18,4-2)14(17)16-13-10-7-6-8-11-13/h6-8,10-11,18H,3-5,9,12H2,1-2H3,(H,16,17). The maximum absolute atomic E-state index is 12.1. The monoisotopic (exact) mass is 249 g/mol. The van der Waals surface area contributed by atoms with E-state index < -0.39 is 5.60 Å². The lowest BCUT2D eigenvalue weighted by atomic mass is 9.92. The van der Waals surface area contributed by atoms with E-state index in [0.29, 0.717) is 12.8 Å². The molecule has 1 unspecified atom stereocenters. The van der Waals surface area contributed by atoms with Crippen molar-refractivity contribution < 1.29 is 9.90 Å². The van der Waals surface area contributed by atoms with Crippen LogP contribution in [0.4, 0.5) is 5.69 Å². The molecule has 1 aromatic rings. The summed E-state index contributed by atoms with van der Waals surface area (Å²) in [7, 11) is 0. The third-order valence-electron chi connectivity index (χ3n) is 3.23. The molecule has 0 radical (unpaired) electrons. The average molecular weight is 249 g/mol. The van der Waals surface area contributed by atoms with Gasteiger partial charge in [0.05, 0.1) is 0 Å². The van der Waals surface area contributed by atoms with Crippen molar-refractivity contribution in [3.8, 4) is 0 Å². The van der Waals surface area contributed by atoms with E-state index in [2.05, 4.69) is 12.2 Å². The van der Waals surface area contributed by atoms with E-state index >= 15 is 0 Å². The Balaban J connectivity index is 2.61. The van der Waals surface area contributed by atoms with Crippen LogP contribution in [0.15, 0.2) is 30.3 Å². The Hall–Kier alpha value is -1.35. The molecule has 0 bridgehead atoms. The molecule has 1 rings (SSSR count). The van der Waals surface area contributed by atoms with Gasteiger partial charge in [-0.05, 0) is 25.0 Å². The number of para-hydroxylation sites is 1. The lowest BCUT2D eigenvalue weighted by Crippen LogP contribution is -2.42. The molecule has 3 heteroatoms. The zero-order valence-corrected chi connectivity index (χ0v) is 11.3. The molecule has 0 spiro atoms. The fourth-order valence-corrected chi connectivity index (χ4v) is 1.89. The minimum absolute atomic E-state index is 0.299. The highest BCUT2D eigenvalue weighted by Crippen LogP contribution is 2.21. The summed E-state index contributed by atoms with van der Waals surface area (Å²) in [5.41, 5.74) is -0.518. The predicted octanol–water partition coefficient (Wildman–Crippen LogP) is 3.35. The first-order valence-corrected chi connectivity index (χ1v) is 6.71. The van der Waals surface area contributed by atoms with E-state index in [1.165, 1.54) is 0 Å². The van der Waals surface area contributed by atoms with Crippen LogP contribution in [0.25, 0.3) is 0 Å². The Labute approximate surface area is 109 Å². The van der Waals surface area contributed by atoms with Gasteiger partial charge in [0.2, 0.25) is 0 Å². The molecule has 0 aliphatic heterocycles. The predicted molar refractivity (Wildman–Crippen MR) is 74.5 cm³/mol. The summed E-state index contributed by atoms with van der Waals surface area (Å²) in [5, 5.41) is 13.1. The van der Waals surface area contributed by atoms with Crippen molar-refractivity contribution in [2.24, 2.45) is 0 Å². The minimum atomic E-state index is -1.25. The number of hydrogen-bond donors (Lipinski definition) is 2. The lowest BCUT2D eigenvalue weighted by Gasteiger charge is -2.25. The van der Waals surface area contributed by atoms with Crippen LogP contribution in [0.1, 0.15) is 46.0 Å². The molecule has 0 fully saturated rings. The number of nitrogens with one attached hydrogen (secondary N) is 1. The van der Waals surface area contributed by atoms with E-state index in [1.54, 1.807) is 0 Å². The second kappa shape index (κ2) is 7.17. The van der Waals surface area contributed by atoms with Crippen molar-refractivity contribution in [3.63, 3.8) is 0 Å². The SMILES string of the molecule is CCCCCC(O)(CC)C(=O)Nc1ccccc1. The van der Waals surface area contributed by atoms with Gasteiger partial charge in [-0.3, -0.25) is 4.79 Å². The van der Waals surface area contributed by atoms with Gasteiger partial charge >= 0.3 is 0 Å². The summed E-state index contributed by atoms with van der Waals surface area (Å²) >= 11 is 0. The average Bonchev–Trinajstić information content (AvgIpc) is 2.40. The van der Waals surface area contributed by atoms with Gasteiger partial charge in [0.25, 0.3) is 5.91 Å². The quantitative estimate of drug-likeness (QED) is 0.728. The molecule has 1 amide bonds. The number of benzene rings is 1. The maximum atomic E-state index is 12.1. The van der Waals surface area contributed by atoms with Crippen LogP contribution >= 0.6 is 0 Å².